The SMILES string of the molecule is CC1(C)CCC(O)CN1c1ccccc1F. The zero-order valence-corrected chi connectivity index (χ0v) is 9.78. The summed E-state index contributed by atoms with van der Waals surface area (Å²) < 4.78 is 13.7. The summed E-state index contributed by atoms with van der Waals surface area (Å²) in [7, 11) is 0. The minimum atomic E-state index is -0.354. The van der Waals surface area contributed by atoms with Crippen LogP contribution >= 0.6 is 0 Å². The molecule has 0 amide bonds. The topological polar surface area (TPSA) is 23.5 Å². The van der Waals surface area contributed by atoms with Gasteiger partial charge in [-0.1, -0.05) is 12.1 Å². The molecule has 0 saturated carbocycles. The molecule has 3 heteroatoms. The first-order valence-electron chi connectivity index (χ1n) is 5.71. The second-order valence-corrected chi connectivity index (χ2v) is 5.07. The van der Waals surface area contributed by atoms with Crippen molar-refractivity contribution in [3.05, 3.63) is 30.1 Å². The smallest absolute Gasteiger partial charge is 0.146 e. The van der Waals surface area contributed by atoms with Crippen molar-refractivity contribution in [3.63, 3.8) is 0 Å². The van der Waals surface area contributed by atoms with Gasteiger partial charge >= 0.3 is 0 Å². The number of β-amino-alcohol motifs (C(OH)–C–C–N with tert-alkyl or cyclic N) is 1. The number of para-hydroxylation sites is 1. The van der Waals surface area contributed by atoms with E-state index in [-0.39, 0.29) is 17.5 Å². The van der Waals surface area contributed by atoms with Crippen LogP contribution in [0.2, 0.25) is 0 Å². The molecule has 0 aromatic heterocycles. The van der Waals surface area contributed by atoms with E-state index in [1.165, 1.54) is 6.07 Å². The van der Waals surface area contributed by atoms with Gasteiger partial charge in [-0.3, -0.25) is 0 Å². The Morgan fingerprint density at radius 1 is 1.38 bits per heavy atom. The van der Waals surface area contributed by atoms with Gasteiger partial charge in [0.2, 0.25) is 0 Å². The van der Waals surface area contributed by atoms with E-state index < -0.39 is 0 Å². The summed E-state index contributed by atoms with van der Waals surface area (Å²) in [5.41, 5.74) is 0.493. The monoisotopic (exact) mass is 223 g/mol. The van der Waals surface area contributed by atoms with Crippen molar-refractivity contribution >= 4 is 5.69 Å². The Morgan fingerprint density at radius 3 is 2.75 bits per heavy atom. The number of aliphatic hydroxyl groups excluding tert-OH is 1. The molecule has 1 fully saturated rings. The number of hydrogen-bond donors (Lipinski definition) is 1. The van der Waals surface area contributed by atoms with Crippen molar-refractivity contribution in [2.24, 2.45) is 0 Å². The van der Waals surface area contributed by atoms with Crippen molar-refractivity contribution in [1.29, 1.82) is 0 Å². The van der Waals surface area contributed by atoms with Crippen molar-refractivity contribution in [2.75, 3.05) is 11.4 Å². The minimum absolute atomic E-state index is 0.0958. The van der Waals surface area contributed by atoms with Gasteiger partial charge < -0.3 is 10.0 Å². The first kappa shape index (κ1) is 11.4. The molecule has 1 aliphatic heterocycles. The van der Waals surface area contributed by atoms with E-state index in [9.17, 15) is 9.50 Å². The molecule has 2 nitrogen and oxygen atoms in total. The Morgan fingerprint density at radius 2 is 2.06 bits per heavy atom. The summed E-state index contributed by atoms with van der Waals surface area (Å²) in [5, 5.41) is 9.70. The van der Waals surface area contributed by atoms with Crippen LogP contribution < -0.4 is 4.90 Å². The maximum Gasteiger partial charge on any atom is 0.146 e. The van der Waals surface area contributed by atoms with Crippen LogP contribution in [0.3, 0.4) is 0 Å². The van der Waals surface area contributed by atoms with Crippen LogP contribution in [0.1, 0.15) is 26.7 Å². The Hall–Kier alpha value is -1.09. The third-order valence-corrected chi connectivity index (χ3v) is 3.36. The molecular weight excluding hydrogens is 205 g/mol. The highest BCUT2D eigenvalue weighted by Gasteiger charge is 2.34. The van der Waals surface area contributed by atoms with E-state index >= 15 is 0 Å². The number of hydrogen-bond acceptors (Lipinski definition) is 2. The first-order valence-corrected chi connectivity index (χ1v) is 5.71. The van der Waals surface area contributed by atoms with Crippen LogP contribution in [0.4, 0.5) is 10.1 Å². The highest BCUT2D eigenvalue weighted by Crippen LogP contribution is 2.33. The standard InChI is InChI=1S/C13H18FNO/c1-13(2)8-7-10(16)9-15(13)12-6-4-3-5-11(12)14/h3-6,10,16H,7-9H2,1-2H3. The molecule has 88 valence electrons. The van der Waals surface area contributed by atoms with E-state index in [0.717, 1.165) is 12.8 Å². The van der Waals surface area contributed by atoms with Crippen LogP contribution in [-0.2, 0) is 0 Å². The number of benzene rings is 1. The number of rotatable bonds is 1. The van der Waals surface area contributed by atoms with Crippen LogP contribution in [0.15, 0.2) is 24.3 Å². The van der Waals surface area contributed by atoms with Gasteiger partial charge in [0.15, 0.2) is 0 Å². The molecule has 1 atom stereocenters. The lowest BCUT2D eigenvalue weighted by atomic mass is 9.88. The Bertz CT molecular complexity index is 378. The minimum Gasteiger partial charge on any atom is -0.391 e. The van der Waals surface area contributed by atoms with E-state index in [1.807, 2.05) is 11.0 Å². The molecule has 1 aliphatic rings. The lowest BCUT2D eigenvalue weighted by Gasteiger charge is -2.46. The maximum absolute atomic E-state index is 13.7. The number of nitrogens with zero attached hydrogens (tertiary/aromatic N) is 1. The Kier molecular flexibility index (Phi) is 2.89. The van der Waals surface area contributed by atoms with Crippen molar-refractivity contribution in [2.45, 2.75) is 38.3 Å². The Labute approximate surface area is 95.7 Å². The van der Waals surface area contributed by atoms with Crippen molar-refractivity contribution < 1.29 is 9.50 Å². The predicted octanol–water partition coefficient (Wildman–Crippen LogP) is 2.57. The van der Waals surface area contributed by atoms with Gasteiger partial charge in [0.25, 0.3) is 0 Å². The molecule has 1 aromatic rings. The highest BCUT2D eigenvalue weighted by molar-refractivity contribution is 5.50. The quantitative estimate of drug-likeness (QED) is 0.791. The molecule has 1 heterocycles. The van der Waals surface area contributed by atoms with Crippen LogP contribution in [0, 0.1) is 5.82 Å². The van der Waals surface area contributed by atoms with Crippen molar-refractivity contribution in [1.82, 2.24) is 0 Å². The normalized spacial score (nSPS) is 24.5. The zero-order chi connectivity index (χ0) is 11.8. The summed E-state index contributed by atoms with van der Waals surface area (Å²) in [4.78, 5) is 1.97. The summed E-state index contributed by atoms with van der Waals surface area (Å²) in [5.74, 6) is -0.218. The number of piperidine rings is 1. The van der Waals surface area contributed by atoms with Gasteiger partial charge in [-0.25, -0.2) is 4.39 Å². The lowest BCUT2D eigenvalue weighted by Crippen LogP contribution is -2.52. The molecule has 1 aromatic carbocycles. The second-order valence-electron chi connectivity index (χ2n) is 5.07. The predicted molar refractivity (Wildman–Crippen MR) is 63.1 cm³/mol. The fourth-order valence-corrected chi connectivity index (χ4v) is 2.30. The summed E-state index contributed by atoms with van der Waals surface area (Å²) in [6.07, 6.45) is 1.31. The fraction of sp³-hybridized carbons (Fsp3) is 0.538. The highest BCUT2D eigenvalue weighted by atomic mass is 19.1. The zero-order valence-electron chi connectivity index (χ0n) is 9.78. The molecule has 1 unspecified atom stereocenters. The first-order chi connectivity index (χ1) is 7.50. The van der Waals surface area contributed by atoms with E-state index in [0.29, 0.717) is 12.2 Å². The number of aliphatic hydroxyl groups is 1. The molecule has 0 spiro atoms. The third-order valence-electron chi connectivity index (χ3n) is 3.36. The van der Waals surface area contributed by atoms with E-state index in [4.69, 9.17) is 0 Å². The summed E-state index contributed by atoms with van der Waals surface area (Å²) in [6, 6.07) is 6.75. The number of halogens is 1. The molecule has 1 N–H and O–H groups in total. The average molecular weight is 223 g/mol. The van der Waals surface area contributed by atoms with Crippen LogP contribution in [0.25, 0.3) is 0 Å². The summed E-state index contributed by atoms with van der Waals surface area (Å²) in [6.45, 7) is 4.69. The van der Waals surface area contributed by atoms with Gasteiger partial charge in [-0.2, -0.15) is 0 Å². The average Bonchev–Trinajstić information content (AvgIpc) is 2.23. The van der Waals surface area contributed by atoms with Gasteiger partial charge in [-0.15, -0.1) is 0 Å². The second kappa shape index (κ2) is 4.06. The van der Waals surface area contributed by atoms with Gasteiger partial charge in [0.1, 0.15) is 5.82 Å². The number of anilines is 1. The Balaban J connectivity index is 2.34. The third kappa shape index (κ3) is 2.05. The van der Waals surface area contributed by atoms with Gasteiger partial charge in [-0.05, 0) is 38.8 Å². The van der Waals surface area contributed by atoms with Crippen LogP contribution in [0.5, 0.6) is 0 Å². The molecule has 0 radical (unpaired) electrons. The molecule has 1 saturated heterocycles. The van der Waals surface area contributed by atoms with Gasteiger partial charge in [0, 0.05) is 12.1 Å². The van der Waals surface area contributed by atoms with Gasteiger partial charge in [0.05, 0.1) is 11.8 Å². The van der Waals surface area contributed by atoms with Crippen molar-refractivity contribution in [3.8, 4) is 0 Å². The summed E-state index contributed by atoms with van der Waals surface area (Å²) >= 11 is 0. The fourth-order valence-electron chi connectivity index (χ4n) is 2.30. The maximum atomic E-state index is 13.7. The molecule has 16 heavy (non-hydrogen) atoms. The molecular formula is C13H18FNO. The van der Waals surface area contributed by atoms with Crippen LogP contribution in [-0.4, -0.2) is 23.3 Å². The molecule has 0 bridgehead atoms. The van der Waals surface area contributed by atoms with E-state index in [1.54, 1.807) is 12.1 Å². The largest absolute Gasteiger partial charge is 0.391 e. The lowest BCUT2D eigenvalue weighted by molar-refractivity contribution is 0.125. The van der Waals surface area contributed by atoms with E-state index in [2.05, 4.69) is 13.8 Å². The molecule has 0 aliphatic carbocycles. The molecule has 2 rings (SSSR count).